The highest BCUT2D eigenvalue weighted by atomic mass is 19.2. The molecule has 2 nitrogen and oxygen atoms in total. The van der Waals surface area contributed by atoms with Gasteiger partial charge in [-0.1, -0.05) is 13.0 Å². The van der Waals surface area contributed by atoms with E-state index in [0.717, 1.165) is 6.42 Å². The predicted molar refractivity (Wildman–Crippen MR) is 84.7 cm³/mol. The van der Waals surface area contributed by atoms with Gasteiger partial charge in [-0.2, -0.15) is 0 Å². The zero-order chi connectivity index (χ0) is 16.8. The van der Waals surface area contributed by atoms with Crippen molar-refractivity contribution in [3.8, 4) is 0 Å². The maximum absolute atomic E-state index is 14.5. The lowest BCUT2D eigenvalue weighted by Crippen LogP contribution is -2.48. The summed E-state index contributed by atoms with van der Waals surface area (Å²) in [5.41, 5.74) is 0. The molecule has 5 heteroatoms. The number of hydrogen-bond donors (Lipinski definition) is 0. The molecule has 0 aromatic heterocycles. The van der Waals surface area contributed by atoms with Crippen LogP contribution in [0.4, 0.5) is 13.2 Å². The molecule has 0 amide bonds. The maximum Gasteiger partial charge on any atom is 0.157 e. The molecule has 2 fully saturated rings. The minimum absolute atomic E-state index is 0.136. The summed E-state index contributed by atoms with van der Waals surface area (Å²) in [6, 6.07) is 0. The highest BCUT2D eigenvalue weighted by Crippen LogP contribution is 2.43. The van der Waals surface area contributed by atoms with E-state index in [4.69, 9.17) is 9.47 Å². The van der Waals surface area contributed by atoms with Crippen molar-refractivity contribution in [2.24, 2.45) is 11.8 Å². The van der Waals surface area contributed by atoms with Crippen LogP contribution in [0.5, 0.6) is 0 Å². The van der Waals surface area contributed by atoms with Crippen LogP contribution >= 0.6 is 0 Å². The fourth-order valence-corrected chi connectivity index (χ4v) is 3.95. The first-order chi connectivity index (χ1) is 11.1. The normalized spacial score (nSPS) is 41.7. The van der Waals surface area contributed by atoms with Crippen molar-refractivity contribution in [1.29, 1.82) is 0 Å². The van der Waals surface area contributed by atoms with Crippen LogP contribution in [-0.4, -0.2) is 43.9 Å². The number of ether oxygens (including phenoxy) is 2. The van der Waals surface area contributed by atoms with Crippen molar-refractivity contribution in [2.75, 3.05) is 13.2 Å². The first-order valence-electron chi connectivity index (χ1n) is 8.84. The summed E-state index contributed by atoms with van der Waals surface area (Å²) >= 11 is 0. The molecule has 0 N–H and O–H groups in total. The summed E-state index contributed by atoms with van der Waals surface area (Å²) in [6.07, 6.45) is -0.263. The number of halogens is 3. The average Bonchev–Trinajstić information content (AvgIpc) is 2.55. The van der Waals surface area contributed by atoms with Crippen LogP contribution < -0.4 is 0 Å². The second-order valence-electron chi connectivity index (χ2n) is 6.78. The summed E-state index contributed by atoms with van der Waals surface area (Å²) in [4.78, 5) is 0. The third-order valence-corrected chi connectivity index (χ3v) is 5.16. The van der Waals surface area contributed by atoms with Crippen molar-refractivity contribution >= 4 is 0 Å². The smallest absolute Gasteiger partial charge is 0.157 e. The summed E-state index contributed by atoms with van der Waals surface area (Å²) in [6.45, 7) is 6.36. The molecule has 0 bridgehead atoms. The third kappa shape index (κ3) is 4.72. The van der Waals surface area contributed by atoms with Crippen LogP contribution in [0.25, 0.3) is 0 Å². The minimum atomic E-state index is -1.64. The van der Waals surface area contributed by atoms with Gasteiger partial charge in [0, 0.05) is 13.0 Å². The predicted octanol–water partition coefficient (Wildman–Crippen LogP) is 4.58. The van der Waals surface area contributed by atoms with E-state index < -0.39 is 36.5 Å². The summed E-state index contributed by atoms with van der Waals surface area (Å²) in [7, 11) is 0. The van der Waals surface area contributed by atoms with Crippen LogP contribution in [0.15, 0.2) is 12.7 Å². The van der Waals surface area contributed by atoms with Gasteiger partial charge >= 0.3 is 0 Å². The second-order valence-corrected chi connectivity index (χ2v) is 6.78. The third-order valence-electron chi connectivity index (χ3n) is 5.16. The van der Waals surface area contributed by atoms with E-state index in [-0.39, 0.29) is 12.5 Å². The molecule has 2 aliphatic carbocycles. The van der Waals surface area contributed by atoms with Crippen LogP contribution in [0, 0.1) is 11.8 Å². The Hall–Kier alpha value is -0.550. The van der Waals surface area contributed by atoms with E-state index in [9.17, 15) is 13.2 Å². The van der Waals surface area contributed by atoms with Crippen molar-refractivity contribution in [3.63, 3.8) is 0 Å². The fraction of sp³-hybridized carbons (Fsp3) is 0.889. The molecule has 7 atom stereocenters. The number of rotatable bonds is 7. The number of alkyl halides is 3. The second kappa shape index (κ2) is 9.07. The molecule has 0 saturated heterocycles. The van der Waals surface area contributed by atoms with Crippen LogP contribution in [0.3, 0.4) is 0 Å². The van der Waals surface area contributed by atoms with E-state index in [1.165, 1.54) is 0 Å². The van der Waals surface area contributed by atoms with Gasteiger partial charge in [-0.15, -0.1) is 6.58 Å². The molecule has 2 aliphatic rings. The maximum atomic E-state index is 14.5. The highest BCUT2D eigenvalue weighted by molar-refractivity contribution is 4.96. The minimum Gasteiger partial charge on any atom is -0.375 e. The van der Waals surface area contributed by atoms with Gasteiger partial charge < -0.3 is 9.47 Å². The quantitative estimate of drug-likeness (QED) is 0.635. The van der Waals surface area contributed by atoms with Gasteiger partial charge in [-0.05, 0) is 43.9 Å². The first-order valence-corrected chi connectivity index (χ1v) is 8.84. The lowest BCUT2D eigenvalue weighted by atomic mass is 9.70. The van der Waals surface area contributed by atoms with Gasteiger partial charge in [0.15, 0.2) is 6.17 Å². The molecular weight excluding hydrogens is 305 g/mol. The van der Waals surface area contributed by atoms with Crippen molar-refractivity contribution < 1.29 is 22.6 Å². The van der Waals surface area contributed by atoms with E-state index >= 15 is 0 Å². The largest absolute Gasteiger partial charge is 0.375 e. The Morgan fingerprint density at radius 3 is 2.39 bits per heavy atom. The van der Waals surface area contributed by atoms with Crippen molar-refractivity contribution in [1.82, 2.24) is 0 Å². The Balaban J connectivity index is 1.88. The van der Waals surface area contributed by atoms with E-state index in [1.807, 2.05) is 6.92 Å². The summed E-state index contributed by atoms with van der Waals surface area (Å²) in [5, 5.41) is 0. The molecule has 2 rings (SSSR count). The molecule has 0 aromatic carbocycles. The summed E-state index contributed by atoms with van der Waals surface area (Å²) in [5.74, 6) is -0.944. The van der Waals surface area contributed by atoms with Crippen molar-refractivity contribution in [3.05, 3.63) is 12.7 Å². The van der Waals surface area contributed by atoms with Crippen LogP contribution in [0.1, 0.15) is 45.4 Å². The van der Waals surface area contributed by atoms with E-state index in [1.54, 1.807) is 6.08 Å². The molecule has 0 aliphatic heterocycles. The van der Waals surface area contributed by atoms with Gasteiger partial charge in [-0.3, -0.25) is 0 Å². The molecule has 23 heavy (non-hydrogen) atoms. The summed E-state index contributed by atoms with van der Waals surface area (Å²) < 4.78 is 54.2. The Morgan fingerprint density at radius 2 is 1.74 bits per heavy atom. The van der Waals surface area contributed by atoms with Gasteiger partial charge in [0.1, 0.15) is 12.3 Å². The van der Waals surface area contributed by atoms with Gasteiger partial charge in [-0.25, -0.2) is 13.2 Å². The molecule has 0 radical (unpaired) electrons. The van der Waals surface area contributed by atoms with Crippen LogP contribution in [0.2, 0.25) is 0 Å². The lowest BCUT2D eigenvalue weighted by Gasteiger charge is -2.42. The molecule has 7 unspecified atom stereocenters. The topological polar surface area (TPSA) is 18.5 Å². The molecular formula is C18H29F3O2. The zero-order valence-corrected chi connectivity index (χ0v) is 13.9. The molecule has 0 aromatic rings. The Kier molecular flexibility index (Phi) is 7.41. The Bertz CT molecular complexity index is 366. The molecule has 0 spiro atoms. The SMILES string of the molecule is C=CCOC1CCC(C2CCC(OCCC)C(F)C2F)C(F)C1. The monoisotopic (exact) mass is 334 g/mol. The standard InChI is InChI=1S/C18H29F3O2/c1-3-9-22-12-5-6-13(15(19)11-12)14-7-8-16(23-10-4-2)18(21)17(14)20/h3,12-18H,1,4-11H2,2H3. The molecule has 2 saturated carbocycles. The zero-order valence-electron chi connectivity index (χ0n) is 13.9. The fourth-order valence-electron chi connectivity index (χ4n) is 3.95. The van der Waals surface area contributed by atoms with Gasteiger partial charge in [0.05, 0.1) is 18.8 Å². The van der Waals surface area contributed by atoms with E-state index in [0.29, 0.717) is 38.9 Å². The van der Waals surface area contributed by atoms with Gasteiger partial charge in [0.25, 0.3) is 0 Å². The Labute approximate surface area is 137 Å². The average molecular weight is 334 g/mol. The van der Waals surface area contributed by atoms with Crippen molar-refractivity contribution in [2.45, 2.75) is 76.2 Å². The highest BCUT2D eigenvalue weighted by Gasteiger charge is 2.47. The van der Waals surface area contributed by atoms with E-state index in [2.05, 4.69) is 6.58 Å². The lowest BCUT2D eigenvalue weighted by molar-refractivity contribution is -0.101. The molecule has 0 heterocycles. The van der Waals surface area contributed by atoms with Crippen LogP contribution in [-0.2, 0) is 9.47 Å². The molecule has 134 valence electrons. The first kappa shape index (κ1) is 18.8. The number of hydrogen-bond acceptors (Lipinski definition) is 2. The Morgan fingerprint density at radius 1 is 1.00 bits per heavy atom. The van der Waals surface area contributed by atoms with Gasteiger partial charge in [0.2, 0.25) is 0 Å².